The van der Waals surface area contributed by atoms with E-state index in [1.54, 1.807) is 0 Å². The van der Waals surface area contributed by atoms with Gasteiger partial charge < -0.3 is 5.73 Å². The predicted octanol–water partition coefficient (Wildman–Crippen LogP) is 2.09. The SMILES string of the molecule is CCN(CC)Cc1ccc(CCN)s1. The number of nitrogens with zero attached hydrogens (tertiary/aromatic N) is 1. The van der Waals surface area contributed by atoms with E-state index in [0.29, 0.717) is 0 Å². The molecule has 0 saturated carbocycles. The molecule has 1 aromatic rings. The van der Waals surface area contributed by atoms with Gasteiger partial charge in [0, 0.05) is 16.3 Å². The molecule has 0 bridgehead atoms. The van der Waals surface area contributed by atoms with Crippen molar-refractivity contribution in [2.45, 2.75) is 26.8 Å². The quantitative estimate of drug-likeness (QED) is 0.782. The second kappa shape index (κ2) is 6.17. The summed E-state index contributed by atoms with van der Waals surface area (Å²) < 4.78 is 0. The fourth-order valence-electron chi connectivity index (χ4n) is 1.45. The first kappa shape index (κ1) is 11.7. The average molecular weight is 212 g/mol. The molecule has 1 heterocycles. The van der Waals surface area contributed by atoms with E-state index in [9.17, 15) is 0 Å². The summed E-state index contributed by atoms with van der Waals surface area (Å²) in [4.78, 5) is 5.30. The maximum absolute atomic E-state index is 5.52. The Morgan fingerprint density at radius 1 is 1.21 bits per heavy atom. The van der Waals surface area contributed by atoms with Crippen molar-refractivity contribution in [2.75, 3.05) is 19.6 Å². The van der Waals surface area contributed by atoms with Gasteiger partial charge in [-0.05, 0) is 38.2 Å². The van der Waals surface area contributed by atoms with Crippen LogP contribution in [0, 0.1) is 0 Å². The smallest absolute Gasteiger partial charge is 0.0327 e. The van der Waals surface area contributed by atoms with Gasteiger partial charge in [0.25, 0.3) is 0 Å². The molecule has 2 nitrogen and oxygen atoms in total. The molecule has 0 radical (unpaired) electrons. The number of rotatable bonds is 6. The first-order valence-corrected chi connectivity index (χ1v) is 6.11. The van der Waals surface area contributed by atoms with Crippen molar-refractivity contribution in [3.8, 4) is 0 Å². The Bertz CT molecular complexity index is 254. The van der Waals surface area contributed by atoms with Crippen molar-refractivity contribution in [1.29, 1.82) is 0 Å². The van der Waals surface area contributed by atoms with E-state index in [4.69, 9.17) is 5.73 Å². The van der Waals surface area contributed by atoms with E-state index in [2.05, 4.69) is 30.9 Å². The van der Waals surface area contributed by atoms with Crippen LogP contribution < -0.4 is 5.73 Å². The van der Waals surface area contributed by atoms with Crippen molar-refractivity contribution in [1.82, 2.24) is 4.90 Å². The van der Waals surface area contributed by atoms with Gasteiger partial charge in [-0.25, -0.2) is 0 Å². The maximum Gasteiger partial charge on any atom is 0.0327 e. The zero-order valence-electron chi connectivity index (χ0n) is 9.12. The summed E-state index contributed by atoms with van der Waals surface area (Å²) in [7, 11) is 0. The zero-order chi connectivity index (χ0) is 10.4. The van der Waals surface area contributed by atoms with Crippen LogP contribution in [0.1, 0.15) is 23.6 Å². The monoisotopic (exact) mass is 212 g/mol. The highest BCUT2D eigenvalue weighted by Crippen LogP contribution is 2.18. The van der Waals surface area contributed by atoms with Crippen LogP contribution in [0.5, 0.6) is 0 Å². The molecule has 0 aliphatic heterocycles. The standard InChI is InChI=1S/C11H20N2S/c1-3-13(4-2)9-11-6-5-10(14-11)7-8-12/h5-6H,3-4,7-9,12H2,1-2H3. The van der Waals surface area contributed by atoms with Crippen LogP contribution >= 0.6 is 11.3 Å². The molecule has 1 aromatic heterocycles. The Kier molecular flexibility index (Phi) is 5.15. The minimum Gasteiger partial charge on any atom is -0.330 e. The first-order valence-electron chi connectivity index (χ1n) is 5.30. The van der Waals surface area contributed by atoms with E-state index in [1.807, 2.05) is 11.3 Å². The van der Waals surface area contributed by atoms with Gasteiger partial charge in [0.2, 0.25) is 0 Å². The van der Waals surface area contributed by atoms with E-state index in [-0.39, 0.29) is 0 Å². The van der Waals surface area contributed by atoms with Crippen molar-refractivity contribution < 1.29 is 0 Å². The maximum atomic E-state index is 5.52. The molecule has 80 valence electrons. The van der Waals surface area contributed by atoms with E-state index >= 15 is 0 Å². The summed E-state index contributed by atoms with van der Waals surface area (Å²) in [6.07, 6.45) is 1.02. The second-order valence-corrected chi connectivity index (χ2v) is 4.62. The first-order chi connectivity index (χ1) is 6.80. The number of thiophene rings is 1. The van der Waals surface area contributed by atoms with Gasteiger partial charge in [0.05, 0.1) is 0 Å². The minimum absolute atomic E-state index is 0.755. The summed E-state index contributed by atoms with van der Waals surface area (Å²) in [6, 6.07) is 4.43. The van der Waals surface area contributed by atoms with Crippen molar-refractivity contribution in [3.63, 3.8) is 0 Å². The Morgan fingerprint density at radius 3 is 2.43 bits per heavy atom. The van der Waals surface area contributed by atoms with Crippen LogP contribution in [-0.2, 0) is 13.0 Å². The molecule has 14 heavy (non-hydrogen) atoms. The van der Waals surface area contributed by atoms with Crippen LogP contribution in [0.15, 0.2) is 12.1 Å². The summed E-state index contributed by atoms with van der Waals surface area (Å²) in [6.45, 7) is 8.50. The molecule has 0 fully saturated rings. The molecule has 0 spiro atoms. The summed E-state index contributed by atoms with van der Waals surface area (Å²) in [5.74, 6) is 0. The van der Waals surface area contributed by atoms with Gasteiger partial charge in [-0.3, -0.25) is 4.90 Å². The van der Waals surface area contributed by atoms with E-state index < -0.39 is 0 Å². The summed E-state index contributed by atoms with van der Waals surface area (Å²) >= 11 is 1.89. The molecule has 0 amide bonds. The van der Waals surface area contributed by atoms with Gasteiger partial charge in [0.1, 0.15) is 0 Å². The molecule has 1 rings (SSSR count). The van der Waals surface area contributed by atoms with Crippen molar-refractivity contribution in [2.24, 2.45) is 5.73 Å². The molecule has 0 aliphatic rings. The zero-order valence-corrected chi connectivity index (χ0v) is 9.94. The molecule has 0 atom stereocenters. The second-order valence-electron chi connectivity index (χ2n) is 3.37. The van der Waals surface area contributed by atoms with Gasteiger partial charge in [-0.15, -0.1) is 11.3 Å². The predicted molar refractivity (Wildman–Crippen MR) is 63.7 cm³/mol. The van der Waals surface area contributed by atoms with E-state index in [1.165, 1.54) is 9.75 Å². The van der Waals surface area contributed by atoms with E-state index in [0.717, 1.165) is 32.6 Å². The third-order valence-corrected chi connectivity index (χ3v) is 3.51. The number of nitrogens with two attached hydrogens (primary N) is 1. The number of hydrogen-bond donors (Lipinski definition) is 1. The molecular formula is C11H20N2S. The topological polar surface area (TPSA) is 29.3 Å². The van der Waals surface area contributed by atoms with Gasteiger partial charge in [-0.1, -0.05) is 13.8 Å². The Balaban J connectivity index is 2.49. The van der Waals surface area contributed by atoms with Crippen molar-refractivity contribution in [3.05, 3.63) is 21.9 Å². The summed E-state index contributed by atoms with van der Waals surface area (Å²) in [5.41, 5.74) is 5.52. The highest BCUT2D eigenvalue weighted by molar-refractivity contribution is 7.11. The molecular weight excluding hydrogens is 192 g/mol. The third kappa shape index (κ3) is 3.40. The highest BCUT2D eigenvalue weighted by atomic mass is 32.1. The Hall–Kier alpha value is -0.380. The lowest BCUT2D eigenvalue weighted by Gasteiger charge is -2.16. The van der Waals surface area contributed by atoms with Gasteiger partial charge in [0.15, 0.2) is 0 Å². The molecule has 0 unspecified atom stereocenters. The molecule has 3 heteroatoms. The molecule has 0 aliphatic carbocycles. The highest BCUT2D eigenvalue weighted by Gasteiger charge is 2.03. The molecule has 0 aromatic carbocycles. The molecule has 2 N–H and O–H groups in total. The van der Waals surface area contributed by atoms with Gasteiger partial charge >= 0.3 is 0 Å². The molecule has 0 saturated heterocycles. The lowest BCUT2D eigenvalue weighted by Crippen LogP contribution is -2.21. The Morgan fingerprint density at radius 2 is 1.86 bits per heavy atom. The fraction of sp³-hybridized carbons (Fsp3) is 0.636. The normalized spacial score (nSPS) is 11.1. The fourth-order valence-corrected chi connectivity index (χ4v) is 2.53. The number of hydrogen-bond acceptors (Lipinski definition) is 3. The minimum atomic E-state index is 0.755. The lowest BCUT2D eigenvalue weighted by atomic mass is 10.3. The van der Waals surface area contributed by atoms with Crippen LogP contribution in [0.25, 0.3) is 0 Å². The van der Waals surface area contributed by atoms with Crippen LogP contribution in [-0.4, -0.2) is 24.5 Å². The lowest BCUT2D eigenvalue weighted by molar-refractivity contribution is 0.298. The third-order valence-electron chi connectivity index (χ3n) is 2.38. The average Bonchev–Trinajstić information content (AvgIpc) is 2.63. The largest absolute Gasteiger partial charge is 0.330 e. The van der Waals surface area contributed by atoms with Crippen LogP contribution in [0.2, 0.25) is 0 Å². The van der Waals surface area contributed by atoms with Gasteiger partial charge in [-0.2, -0.15) is 0 Å². The van der Waals surface area contributed by atoms with Crippen molar-refractivity contribution >= 4 is 11.3 Å². The summed E-state index contributed by atoms with van der Waals surface area (Å²) in [5, 5.41) is 0. The van der Waals surface area contributed by atoms with Crippen LogP contribution in [0.3, 0.4) is 0 Å². The Labute approximate surface area is 90.7 Å². The van der Waals surface area contributed by atoms with Crippen LogP contribution in [0.4, 0.5) is 0 Å².